The van der Waals surface area contributed by atoms with E-state index in [1.54, 1.807) is 0 Å². The zero-order valence-corrected chi connectivity index (χ0v) is 19.3. The molecule has 4 rings (SSSR count). The molecule has 160 valence electrons. The number of fused-ring (bicyclic) bond motifs is 1. The Morgan fingerprint density at radius 1 is 0.903 bits per heavy atom. The average Bonchev–Trinajstić information content (AvgIpc) is 3.09. The third-order valence-corrected chi connectivity index (χ3v) is 5.79. The van der Waals surface area contributed by atoms with Crippen LogP contribution in [0, 0.1) is 13.8 Å². The first kappa shape index (κ1) is 21.2. The summed E-state index contributed by atoms with van der Waals surface area (Å²) in [5.41, 5.74) is 7.42. The van der Waals surface area contributed by atoms with Crippen LogP contribution in [-0.4, -0.2) is 16.2 Å². The highest BCUT2D eigenvalue weighted by Crippen LogP contribution is 2.28. The van der Waals surface area contributed by atoms with Crippen molar-refractivity contribution in [3.05, 3.63) is 83.4 Å². The van der Waals surface area contributed by atoms with Crippen LogP contribution >= 0.6 is 0 Å². The van der Waals surface area contributed by atoms with Crippen molar-refractivity contribution < 1.29 is 4.74 Å². The number of benzene rings is 3. The van der Waals surface area contributed by atoms with Gasteiger partial charge in [0.2, 0.25) is 0 Å². The van der Waals surface area contributed by atoms with Gasteiger partial charge in [-0.05, 0) is 61.1 Å². The number of nitrogens with zero attached hydrogens (tertiary/aromatic N) is 2. The first-order chi connectivity index (χ1) is 14.8. The summed E-state index contributed by atoms with van der Waals surface area (Å²) in [6.45, 7) is 12.5. The Morgan fingerprint density at radius 3 is 2.35 bits per heavy atom. The van der Waals surface area contributed by atoms with Crippen LogP contribution in [0.15, 0.2) is 66.7 Å². The number of ether oxygens (including phenoxy) is 1. The maximum atomic E-state index is 6.04. The molecule has 0 radical (unpaired) electrons. The van der Waals surface area contributed by atoms with E-state index in [0.29, 0.717) is 6.61 Å². The van der Waals surface area contributed by atoms with Crippen LogP contribution < -0.4 is 4.74 Å². The summed E-state index contributed by atoms with van der Waals surface area (Å²) < 4.78 is 8.37. The van der Waals surface area contributed by atoms with Crippen LogP contribution in [0.5, 0.6) is 5.75 Å². The zero-order valence-electron chi connectivity index (χ0n) is 19.3. The van der Waals surface area contributed by atoms with Gasteiger partial charge in [0.05, 0.1) is 17.6 Å². The Hall–Kier alpha value is -3.07. The molecule has 0 unspecified atom stereocenters. The number of hydrogen-bond donors (Lipinski definition) is 0. The van der Waals surface area contributed by atoms with Crippen molar-refractivity contribution in [2.45, 2.75) is 53.0 Å². The Kier molecular flexibility index (Phi) is 5.86. The largest absolute Gasteiger partial charge is 0.494 e. The van der Waals surface area contributed by atoms with Gasteiger partial charge in [0.1, 0.15) is 11.6 Å². The monoisotopic (exact) mass is 412 g/mol. The number of imidazole rings is 1. The highest BCUT2D eigenvalue weighted by atomic mass is 16.5. The summed E-state index contributed by atoms with van der Waals surface area (Å²) in [4.78, 5) is 4.97. The summed E-state index contributed by atoms with van der Waals surface area (Å²) in [6.07, 6.45) is 0.916. The van der Waals surface area contributed by atoms with E-state index in [2.05, 4.69) is 106 Å². The average molecular weight is 413 g/mol. The molecule has 0 atom stereocenters. The first-order valence-electron chi connectivity index (χ1n) is 11.1. The smallest absolute Gasteiger partial charge is 0.141 e. The molecule has 1 aromatic heterocycles. The predicted octanol–water partition coefficient (Wildman–Crippen LogP) is 7.09. The number of para-hydroxylation sites is 2. The Balaban J connectivity index is 1.50. The molecule has 0 aliphatic rings. The first-order valence-corrected chi connectivity index (χ1v) is 11.1. The predicted molar refractivity (Wildman–Crippen MR) is 130 cm³/mol. The topological polar surface area (TPSA) is 27.1 Å². The summed E-state index contributed by atoms with van der Waals surface area (Å²) >= 11 is 0. The van der Waals surface area contributed by atoms with Gasteiger partial charge < -0.3 is 9.30 Å². The van der Waals surface area contributed by atoms with Crippen molar-refractivity contribution in [2.24, 2.45) is 0 Å². The van der Waals surface area contributed by atoms with E-state index in [-0.39, 0.29) is 5.41 Å². The second-order valence-corrected chi connectivity index (χ2v) is 9.37. The third-order valence-electron chi connectivity index (χ3n) is 5.79. The van der Waals surface area contributed by atoms with Crippen molar-refractivity contribution in [3.8, 4) is 17.1 Å². The molecule has 3 nitrogen and oxygen atoms in total. The lowest BCUT2D eigenvalue weighted by molar-refractivity contribution is 0.302. The molecule has 31 heavy (non-hydrogen) atoms. The van der Waals surface area contributed by atoms with Gasteiger partial charge in [0.15, 0.2) is 0 Å². The lowest BCUT2D eigenvalue weighted by Gasteiger charge is -2.19. The molecule has 0 bridgehead atoms. The molecule has 1 heterocycles. The van der Waals surface area contributed by atoms with Crippen LogP contribution in [0.3, 0.4) is 0 Å². The summed E-state index contributed by atoms with van der Waals surface area (Å²) in [6, 6.07) is 23.4. The van der Waals surface area contributed by atoms with Gasteiger partial charge in [-0.3, -0.25) is 0 Å². The molecule has 0 aliphatic heterocycles. The van der Waals surface area contributed by atoms with Gasteiger partial charge in [0.25, 0.3) is 0 Å². The lowest BCUT2D eigenvalue weighted by Crippen LogP contribution is -2.10. The molecule has 0 saturated heterocycles. The maximum absolute atomic E-state index is 6.04. The normalized spacial score (nSPS) is 11.8. The fourth-order valence-corrected chi connectivity index (χ4v) is 4.04. The maximum Gasteiger partial charge on any atom is 0.141 e. The molecule has 4 aromatic rings. The van der Waals surface area contributed by atoms with Crippen LogP contribution in [0.4, 0.5) is 0 Å². The minimum absolute atomic E-state index is 0.158. The summed E-state index contributed by atoms with van der Waals surface area (Å²) in [5.74, 6) is 1.96. The lowest BCUT2D eigenvalue weighted by atomic mass is 9.87. The van der Waals surface area contributed by atoms with Gasteiger partial charge in [0, 0.05) is 12.1 Å². The molecule has 0 amide bonds. The molecule has 0 N–H and O–H groups in total. The quantitative estimate of drug-likeness (QED) is 0.316. The molecule has 3 aromatic carbocycles. The van der Waals surface area contributed by atoms with E-state index in [0.717, 1.165) is 30.1 Å². The van der Waals surface area contributed by atoms with Gasteiger partial charge in [-0.1, -0.05) is 68.8 Å². The highest BCUT2D eigenvalue weighted by molar-refractivity contribution is 5.81. The van der Waals surface area contributed by atoms with Crippen LogP contribution in [0.2, 0.25) is 0 Å². The number of aryl methyl sites for hydroxylation is 3. The van der Waals surface area contributed by atoms with Crippen LogP contribution in [0.25, 0.3) is 22.4 Å². The fourth-order valence-electron chi connectivity index (χ4n) is 4.04. The van der Waals surface area contributed by atoms with Gasteiger partial charge in [-0.25, -0.2) is 4.98 Å². The zero-order chi connectivity index (χ0) is 22.0. The molecule has 0 spiro atoms. The molecular weight excluding hydrogens is 380 g/mol. The summed E-state index contributed by atoms with van der Waals surface area (Å²) in [5, 5.41) is 0. The third kappa shape index (κ3) is 4.66. The van der Waals surface area contributed by atoms with E-state index >= 15 is 0 Å². The Labute approximate surface area is 185 Å². The van der Waals surface area contributed by atoms with Gasteiger partial charge in [-0.2, -0.15) is 0 Å². The Morgan fingerprint density at radius 2 is 1.65 bits per heavy atom. The minimum Gasteiger partial charge on any atom is -0.494 e. The number of rotatable bonds is 6. The second-order valence-electron chi connectivity index (χ2n) is 9.37. The molecule has 0 fully saturated rings. The molecular formula is C28H32N2O. The van der Waals surface area contributed by atoms with Crippen molar-refractivity contribution in [1.29, 1.82) is 0 Å². The molecule has 0 saturated carbocycles. The second kappa shape index (κ2) is 8.58. The summed E-state index contributed by atoms with van der Waals surface area (Å²) in [7, 11) is 0. The standard InChI is InChI=1S/C28H32N2O/c1-20-11-16-24(21(2)19-20)27-29-25-9-6-7-10-26(25)30(27)17-8-18-31-23-14-12-22(13-15-23)28(3,4)5/h6-7,9-16,19H,8,17-18H2,1-5H3. The fraction of sp³-hybridized carbons (Fsp3) is 0.321. The van der Waals surface area contributed by atoms with Crippen molar-refractivity contribution >= 4 is 11.0 Å². The molecule has 0 aliphatic carbocycles. The van der Waals surface area contributed by atoms with E-state index in [9.17, 15) is 0 Å². The van der Waals surface area contributed by atoms with Crippen molar-refractivity contribution in [2.75, 3.05) is 6.61 Å². The number of hydrogen-bond acceptors (Lipinski definition) is 2. The van der Waals surface area contributed by atoms with E-state index in [1.807, 2.05) is 0 Å². The molecule has 3 heteroatoms. The van der Waals surface area contributed by atoms with Crippen LogP contribution in [0.1, 0.15) is 43.9 Å². The SMILES string of the molecule is Cc1ccc(-c2nc3ccccc3n2CCCOc2ccc(C(C)(C)C)cc2)c(C)c1. The van der Waals surface area contributed by atoms with E-state index in [1.165, 1.54) is 27.8 Å². The van der Waals surface area contributed by atoms with Crippen molar-refractivity contribution in [1.82, 2.24) is 9.55 Å². The van der Waals surface area contributed by atoms with Crippen LogP contribution in [-0.2, 0) is 12.0 Å². The number of aromatic nitrogens is 2. The van der Waals surface area contributed by atoms with Gasteiger partial charge in [-0.15, -0.1) is 0 Å². The van der Waals surface area contributed by atoms with E-state index < -0.39 is 0 Å². The van der Waals surface area contributed by atoms with E-state index in [4.69, 9.17) is 9.72 Å². The van der Waals surface area contributed by atoms with Crippen molar-refractivity contribution in [3.63, 3.8) is 0 Å². The van der Waals surface area contributed by atoms with Gasteiger partial charge >= 0.3 is 0 Å². The Bertz CT molecular complexity index is 1180. The minimum atomic E-state index is 0.158. The highest BCUT2D eigenvalue weighted by Gasteiger charge is 2.15.